The molecule has 92 valence electrons. The summed E-state index contributed by atoms with van der Waals surface area (Å²) >= 11 is 0. The molecular weight excluding hydrogens is 214 g/mol. The van der Waals surface area contributed by atoms with Gasteiger partial charge < -0.3 is 15.2 Å². The van der Waals surface area contributed by atoms with E-state index in [9.17, 15) is 0 Å². The van der Waals surface area contributed by atoms with Crippen LogP contribution < -0.4 is 5.73 Å². The van der Waals surface area contributed by atoms with E-state index in [2.05, 4.69) is 31.2 Å². The van der Waals surface area contributed by atoms with Crippen molar-refractivity contribution in [2.24, 2.45) is 11.1 Å². The fraction of sp³-hybridized carbons (Fsp3) is 0.571. The highest BCUT2D eigenvalue weighted by Gasteiger charge is 2.60. The molecule has 2 fully saturated rings. The first-order valence-corrected chi connectivity index (χ1v) is 6.15. The van der Waals surface area contributed by atoms with Crippen molar-refractivity contribution in [3.63, 3.8) is 0 Å². The van der Waals surface area contributed by atoms with E-state index in [0.717, 1.165) is 26.4 Å². The van der Waals surface area contributed by atoms with E-state index in [1.54, 1.807) is 0 Å². The average Bonchev–Trinajstić information content (AvgIpc) is 2.20. The molecule has 0 radical (unpaired) electrons. The smallest absolute Gasteiger partial charge is 0.0593 e. The van der Waals surface area contributed by atoms with Crippen LogP contribution in [0.4, 0.5) is 0 Å². The normalized spacial score (nSPS) is 24.8. The zero-order valence-corrected chi connectivity index (χ0v) is 10.2. The molecule has 3 nitrogen and oxygen atoms in total. The Morgan fingerprint density at radius 2 is 1.88 bits per heavy atom. The number of nitrogens with two attached hydrogens (primary N) is 1. The van der Waals surface area contributed by atoms with Crippen molar-refractivity contribution in [2.75, 3.05) is 33.0 Å². The van der Waals surface area contributed by atoms with Gasteiger partial charge >= 0.3 is 0 Å². The van der Waals surface area contributed by atoms with Gasteiger partial charge in [-0.2, -0.15) is 0 Å². The van der Waals surface area contributed by atoms with Crippen molar-refractivity contribution in [3.05, 3.63) is 35.4 Å². The largest absolute Gasteiger partial charge is 0.380 e. The minimum Gasteiger partial charge on any atom is -0.380 e. The lowest BCUT2D eigenvalue weighted by Crippen LogP contribution is -2.69. The summed E-state index contributed by atoms with van der Waals surface area (Å²) in [6, 6.07) is 8.71. The highest BCUT2D eigenvalue weighted by Crippen LogP contribution is 2.51. The summed E-state index contributed by atoms with van der Waals surface area (Å²) in [4.78, 5) is 0. The highest BCUT2D eigenvalue weighted by molar-refractivity contribution is 5.36. The quantitative estimate of drug-likeness (QED) is 0.854. The third-order valence-electron chi connectivity index (χ3n) is 4.43. The standard InChI is InChI=1S/C14H19NO2/c1-11-3-2-4-12(5-11)14(9-17-10-14)13(6-15)7-16-8-13/h2-5H,6-10,15H2,1H3. The molecule has 0 aliphatic carbocycles. The number of benzene rings is 1. The summed E-state index contributed by atoms with van der Waals surface area (Å²) < 4.78 is 10.9. The van der Waals surface area contributed by atoms with Crippen LogP contribution in [0.2, 0.25) is 0 Å². The maximum Gasteiger partial charge on any atom is 0.0593 e. The molecule has 0 amide bonds. The first kappa shape index (κ1) is 11.2. The summed E-state index contributed by atoms with van der Waals surface area (Å²) in [5.74, 6) is 0. The van der Waals surface area contributed by atoms with Crippen LogP contribution in [0.25, 0.3) is 0 Å². The van der Waals surface area contributed by atoms with Gasteiger partial charge in [-0.15, -0.1) is 0 Å². The van der Waals surface area contributed by atoms with Gasteiger partial charge in [-0.1, -0.05) is 29.8 Å². The lowest BCUT2D eigenvalue weighted by Gasteiger charge is -2.59. The van der Waals surface area contributed by atoms with E-state index < -0.39 is 0 Å². The second-order valence-corrected chi connectivity index (χ2v) is 5.42. The molecule has 0 spiro atoms. The number of rotatable bonds is 3. The van der Waals surface area contributed by atoms with Gasteiger partial charge in [0.15, 0.2) is 0 Å². The van der Waals surface area contributed by atoms with E-state index in [4.69, 9.17) is 15.2 Å². The molecule has 1 aromatic rings. The van der Waals surface area contributed by atoms with Gasteiger partial charge in [0.1, 0.15) is 0 Å². The van der Waals surface area contributed by atoms with Gasteiger partial charge in [-0.05, 0) is 12.5 Å². The zero-order chi connectivity index (χ0) is 11.9. The Hall–Kier alpha value is -0.900. The van der Waals surface area contributed by atoms with E-state index in [1.165, 1.54) is 11.1 Å². The number of hydrogen-bond acceptors (Lipinski definition) is 3. The minimum atomic E-state index is 0.0754. The monoisotopic (exact) mass is 233 g/mol. The van der Waals surface area contributed by atoms with Crippen molar-refractivity contribution in [3.8, 4) is 0 Å². The molecule has 3 heteroatoms. The van der Waals surface area contributed by atoms with E-state index in [0.29, 0.717) is 6.54 Å². The molecular formula is C14H19NO2. The average molecular weight is 233 g/mol. The van der Waals surface area contributed by atoms with Gasteiger partial charge in [0.05, 0.1) is 31.8 Å². The SMILES string of the molecule is Cc1cccc(C2(C3(CN)COC3)COC2)c1. The zero-order valence-electron chi connectivity index (χ0n) is 10.2. The molecule has 1 aromatic carbocycles. The first-order valence-electron chi connectivity index (χ1n) is 6.15. The fourth-order valence-electron chi connectivity index (χ4n) is 2.97. The van der Waals surface area contributed by atoms with Gasteiger partial charge in [-0.25, -0.2) is 0 Å². The third-order valence-corrected chi connectivity index (χ3v) is 4.43. The van der Waals surface area contributed by atoms with Crippen molar-refractivity contribution in [1.82, 2.24) is 0 Å². The Bertz CT molecular complexity index is 416. The predicted molar refractivity (Wildman–Crippen MR) is 66.0 cm³/mol. The van der Waals surface area contributed by atoms with Crippen LogP contribution in [-0.2, 0) is 14.9 Å². The van der Waals surface area contributed by atoms with Crippen molar-refractivity contribution < 1.29 is 9.47 Å². The number of hydrogen-bond donors (Lipinski definition) is 1. The van der Waals surface area contributed by atoms with Gasteiger partial charge in [0.25, 0.3) is 0 Å². The molecule has 0 aromatic heterocycles. The molecule has 2 aliphatic heterocycles. The van der Waals surface area contributed by atoms with Crippen molar-refractivity contribution in [2.45, 2.75) is 12.3 Å². The molecule has 0 unspecified atom stereocenters. The van der Waals surface area contributed by atoms with Gasteiger partial charge in [0.2, 0.25) is 0 Å². The summed E-state index contributed by atoms with van der Waals surface area (Å²) in [7, 11) is 0. The molecule has 2 saturated heterocycles. The minimum absolute atomic E-state index is 0.0754. The van der Waals surface area contributed by atoms with Crippen LogP contribution in [0.15, 0.2) is 24.3 Å². The molecule has 0 bridgehead atoms. The Morgan fingerprint density at radius 3 is 2.29 bits per heavy atom. The van der Waals surface area contributed by atoms with Crippen LogP contribution in [-0.4, -0.2) is 33.0 Å². The summed E-state index contributed by atoms with van der Waals surface area (Å²) in [6.45, 7) is 5.88. The number of aryl methyl sites for hydroxylation is 1. The molecule has 2 heterocycles. The van der Waals surface area contributed by atoms with Crippen LogP contribution in [0.3, 0.4) is 0 Å². The van der Waals surface area contributed by atoms with Crippen LogP contribution in [0.1, 0.15) is 11.1 Å². The lowest BCUT2D eigenvalue weighted by molar-refractivity contribution is -0.223. The first-order chi connectivity index (χ1) is 8.22. The Kier molecular flexibility index (Phi) is 2.51. The highest BCUT2D eigenvalue weighted by atomic mass is 16.5. The van der Waals surface area contributed by atoms with Crippen molar-refractivity contribution >= 4 is 0 Å². The van der Waals surface area contributed by atoms with E-state index >= 15 is 0 Å². The number of ether oxygens (including phenoxy) is 2. The molecule has 0 atom stereocenters. The van der Waals surface area contributed by atoms with Gasteiger partial charge in [0, 0.05) is 12.0 Å². The third kappa shape index (κ3) is 1.39. The Labute approximate surface area is 102 Å². The molecule has 2 aliphatic rings. The maximum atomic E-state index is 6.00. The van der Waals surface area contributed by atoms with Gasteiger partial charge in [-0.3, -0.25) is 0 Å². The van der Waals surface area contributed by atoms with E-state index in [1.807, 2.05) is 0 Å². The maximum absolute atomic E-state index is 6.00. The van der Waals surface area contributed by atoms with Crippen LogP contribution >= 0.6 is 0 Å². The second-order valence-electron chi connectivity index (χ2n) is 5.42. The predicted octanol–water partition coefficient (Wildman–Crippen LogP) is 1.24. The molecule has 0 saturated carbocycles. The summed E-state index contributed by atoms with van der Waals surface area (Å²) in [5, 5.41) is 0. The van der Waals surface area contributed by atoms with Crippen LogP contribution in [0, 0.1) is 12.3 Å². The molecule has 17 heavy (non-hydrogen) atoms. The van der Waals surface area contributed by atoms with Crippen LogP contribution in [0.5, 0.6) is 0 Å². The Balaban J connectivity index is 2.02. The fourth-order valence-corrected chi connectivity index (χ4v) is 2.97. The second kappa shape index (κ2) is 3.80. The molecule has 2 N–H and O–H groups in total. The Morgan fingerprint density at radius 1 is 1.18 bits per heavy atom. The molecule has 3 rings (SSSR count). The topological polar surface area (TPSA) is 44.5 Å². The lowest BCUT2D eigenvalue weighted by atomic mass is 9.57. The summed E-state index contributed by atoms with van der Waals surface area (Å²) in [5.41, 5.74) is 8.81. The van der Waals surface area contributed by atoms with E-state index in [-0.39, 0.29) is 10.8 Å². The van der Waals surface area contributed by atoms with Crippen molar-refractivity contribution in [1.29, 1.82) is 0 Å². The summed E-state index contributed by atoms with van der Waals surface area (Å²) in [6.07, 6.45) is 0.